The van der Waals surface area contributed by atoms with Gasteiger partial charge in [0.1, 0.15) is 4.90 Å². The highest BCUT2D eigenvalue weighted by molar-refractivity contribution is 7.92. The van der Waals surface area contributed by atoms with Crippen molar-refractivity contribution >= 4 is 44.8 Å². The highest BCUT2D eigenvalue weighted by Crippen LogP contribution is 2.25. The number of nitrogens with one attached hydrogen (secondary N) is 2. The number of sulfonamides is 1. The number of carbonyl (C=O) groups excluding carboxylic acids is 1. The molecule has 28 heavy (non-hydrogen) atoms. The Hall–Kier alpha value is -1.80. The first-order valence-corrected chi connectivity index (χ1v) is 11.1. The third-order valence-corrected chi connectivity index (χ3v) is 6.30. The second-order valence-corrected chi connectivity index (χ2v) is 8.53. The quantitative estimate of drug-likeness (QED) is 0.616. The molecule has 0 radical (unpaired) electrons. The van der Waals surface area contributed by atoms with Crippen LogP contribution in [-0.4, -0.2) is 45.4 Å². The molecule has 1 amide bonds. The number of halogens is 2. The number of likely N-dealkylation sites (N-methyl/N-ethyl adjacent to an activating group) is 1. The molecule has 9 heteroatoms. The highest BCUT2D eigenvalue weighted by Gasteiger charge is 2.20. The van der Waals surface area contributed by atoms with Gasteiger partial charge in [0.15, 0.2) is 0 Å². The minimum Gasteiger partial charge on any atom is -0.351 e. The van der Waals surface area contributed by atoms with Crippen molar-refractivity contribution in [1.29, 1.82) is 0 Å². The van der Waals surface area contributed by atoms with E-state index in [0.29, 0.717) is 17.3 Å². The average molecular weight is 444 g/mol. The van der Waals surface area contributed by atoms with Gasteiger partial charge in [-0.1, -0.05) is 37.0 Å². The maximum Gasteiger partial charge on any atom is 0.263 e. The normalized spacial score (nSPS) is 11.5. The second kappa shape index (κ2) is 10.1. The highest BCUT2D eigenvalue weighted by atomic mass is 35.5. The minimum absolute atomic E-state index is 0.0288. The lowest BCUT2D eigenvalue weighted by atomic mass is 10.2. The largest absolute Gasteiger partial charge is 0.351 e. The predicted octanol–water partition coefficient (Wildman–Crippen LogP) is 3.87. The lowest BCUT2D eigenvalue weighted by molar-refractivity contribution is 0.0948. The summed E-state index contributed by atoms with van der Waals surface area (Å²) in [6.45, 7) is 7.08. The zero-order chi connectivity index (χ0) is 20.7. The van der Waals surface area contributed by atoms with Crippen LogP contribution in [0.1, 0.15) is 24.2 Å². The summed E-state index contributed by atoms with van der Waals surface area (Å²) in [5, 5.41) is 3.32. The summed E-state index contributed by atoms with van der Waals surface area (Å²) in [6.07, 6.45) is 0. The minimum atomic E-state index is -3.97. The molecule has 2 aromatic carbocycles. The van der Waals surface area contributed by atoms with Gasteiger partial charge in [-0.2, -0.15) is 0 Å². The lowest BCUT2D eigenvalue weighted by Gasteiger charge is -2.18. The van der Waals surface area contributed by atoms with Gasteiger partial charge in [0, 0.05) is 29.4 Å². The van der Waals surface area contributed by atoms with Crippen molar-refractivity contribution in [3.63, 3.8) is 0 Å². The molecule has 0 fully saturated rings. The van der Waals surface area contributed by atoms with Gasteiger partial charge in [-0.3, -0.25) is 9.52 Å². The number of rotatable bonds is 9. The van der Waals surface area contributed by atoms with Crippen LogP contribution >= 0.6 is 23.2 Å². The molecule has 0 saturated carbocycles. The summed E-state index contributed by atoms with van der Waals surface area (Å²) in [5.41, 5.74) is 0.565. The first-order chi connectivity index (χ1) is 13.3. The SMILES string of the molecule is CCN(CC)CCNC(=O)c1ccc(Cl)c(S(=O)(=O)Nc2ccc(Cl)cc2)c1. The van der Waals surface area contributed by atoms with Gasteiger partial charge in [-0.15, -0.1) is 0 Å². The Kier molecular flexibility index (Phi) is 8.12. The molecule has 0 aliphatic heterocycles. The fourth-order valence-electron chi connectivity index (χ4n) is 2.55. The van der Waals surface area contributed by atoms with Crippen LogP contribution in [0.5, 0.6) is 0 Å². The third-order valence-electron chi connectivity index (χ3n) is 4.19. The molecule has 6 nitrogen and oxygen atoms in total. The Balaban J connectivity index is 2.15. The van der Waals surface area contributed by atoms with Crippen LogP contribution in [-0.2, 0) is 10.0 Å². The number of nitrogens with zero attached hydrogens (tertiary/aromatic N) is 1. The summed E-state index contributed by atoms with van der Waals surface area (Å²) in [7, 11) is -3.97. The molecule has 0 unspecified atom stereocenters. The molecule has 0 bridgehead atoms. The summed E-state index contributed by atoms with van der Waals surface area (Å²) in [6, 6.07) is 10.4. The number of carbonyl (C=O) groups is 1. The van der Waals surface area contributed by atoms with E-state index in [1.165, 1.54) is 30.3 Å². The maximum atomic E-state index is 12.7. The molecule has 0 aliphatic rings. The van der Waals surface area contributed by atoms with E-state index in [-0.39, 0.29) is 21.4 Å². The molecule has 0 aliphatic carbocycles. The lowest BCUT2D eigenvalue weighted by Crippen LogP contribution is -2.34. The molecule has 2 rings (SSSR count). The van der Waals surface area contributed by atoms with Crippen molar-refractivity contribution in [3.05, 3.63) is 58.1 Å². The van der Waals surface area contributed by atoms with Gasteiger partial charge in [0.2, 0.25) is 0 Å². The van der Waals surface area contributed by atoms with Crippen LogP contribution in [0.25, 0.3) is 0 Å². The van der Waals surface area contributed by atoms with E-state index in [2.05, 4.69) is 28.8 Å². The van der Waals surface area contributed by atoms with Gasteiger partial charge in [0.25, 0.3) is 15.9 Å². The van der Waals surface area contributed by atoms with Crippen LogP contribution in [0, 0.1) is 0 Å². The van der Waals surface area contributed by atoms with Gasteiger partial charge in [0.05, 0.1) is 5.02 Å². The number of amides is 1. The van der Waals surface area contributed by atoms with E-state index in [4.69, 9.17) is 23.2 Å². The summed E-state index contributed by atoms with van der Waals surface area (Å²) < 4.78 is 27.8. The summed E-state index contributed by atoms with van der Waals surface area (Å²) >= 11 is 11.9. The van der Waals surface area contributed by atoms with Gasteiger partial charge < -0.3 is 10.2 Å². The summed E-state index contributed by atoms with van der Waals surface area (Å²) in [4.78, 5) is 14.4. The molecular formula is C19H23Cl2N3O3S. The molecule has 152 valence electrons. The first kappa shape index (κ1) is 22.5. The van der Waals surface area contributed by atoms with Crippen molar-refractivity contribution in [2.75, 3.05) is 30.9 Å². The van der Waals surface area contributed by atoms with Crippen molar-refractivity contribution < 1.29 is 13.2 Å². The van der Waals surface area contributed by atoms with Gasteiger partial charge in [-0.25, -0.2) is 8.42 Å². The fourth-order valence-corrected chi connectivity index (χ4v) is 4.26. The van der Waals surface area contributed by atoms with Gasteiger partial charge in [-0.05, 0) is 55.6 Å². The third kappa shape index (κ3) is 6.10. The Morgan fingerprint density at radius 1 is 1.04 bits per heavy atom. The molecule has 0 saturated heterocycles. The van der Waals surface area contributed by atoms with Crippen LogP contribution in [0.3, 0.4) is 0 Å². The molecule has 0 heterocycles. The number of hydrogen-bond acceptors (Lipinski definition) is 4. The molecule has 0 atom stereocenters. The van der Waals surface area contributed by atoms with E-state index in [9.17, 15) is 13.2 Å². The Labute approximate surface area is 175 Å². The number of anilines is 1. The summed E-state index contributed by atoms with van der Waals surface area (Å²) in [5.74, 6) is -0.355. The van der Waals surface area contributed by atoms with Crippen molar-refractivity contribution in [1.82, 2.24) is 10.2 Å². The topological polar surface area (TPSA) is 78.5 Å². The molecule has 0 spiro atoms. The molecule has 0 aromatic heterocycles. The van der Waals surface area contributed by atoms with Crippen molar-refractivity contribution in [2.24, 2.45) is 0 Å². The molecule has 2 N–H and O–H groups in total. The zero-order valence-corrected chi connectivity index (χ0v) is 18.0. The van der Waals surface area contributed by atoms with E-state index in [1.54, 1.807) is 12.1 Å². The average Bonchev–Trinajstić information content (AvgIpc) is 2.67. The van der Waals surface area contributed by atoms with Gasteiger partial charge >= 0.3 is 0 Å². The predicted molar refractivity (Wildman–Crippen MR) is 114 cm³/mol. The van der Waals surface area contributed by atoms with Crippen molar-refractivity contribution in [2.45, 2.75) is 18.7 Å². The molecular weight excluding hydrogens is 421 g/mol. The Morgan fingerprint density at radius 3 is 2.29 bits per heavy atom. The van der Waals surface area contributed by atoms with E-state index >= 15 is 0 Å². The molecule has 2 aromatic rings. The first-order valence-electron chi connectivity index (χ1n) is 8.85. The standard InChI is InChI=1S/C19H23Cl2N3O3S/c1-3-24(4-2)12-11-22-19(25)14-5-10-17(21)18(13-14)28(26,27)23-16-8-6-15(20)7-9-16/h5-10,13,23H,3-4,11-12H2,1-2H3,(H,22,25). The Bertz CT molecular complexity index is 915. The number of benzene rings is 2. The smallest absolute Gasteiger partial charge is 0.263 e. The Morgan fingerprint density at radius 2 is 1.68 bits per heavy atom. The van der Waals surface area contributed by atoms with Crippen LogP contribution in [0.15, 0.2) is 47.4 Å². The van der Waals surface area contributed by atoms with Crippen LogP contribution in [0.2, 0.25) is 10.0 Å². The second-order valence-electron chi connectivity index (χ2n) is 6.04. The van der Waals surface area contributed by atoms with Crippen LogP contribution in [0.4, 0.5) is 5.69 Å². The maximum absolute atomic E-state index is 12.7. The monoisotopic (exact) mass is 443 g/mol. The van der Waals surface area contributed by atoms with Crippen LogP contribution < -0.4 is 10.0 Å². The number of hydrogen-bond donors (Lipinski definition) is 2. The van der Waals surface area contributed by atoms with Crippen molar-refractivity contribution in [3.8, 4) is 0 Å². The van der Waals surface area contributed by atoms with E-state index in [0.717, 1.165) is 19.6 Å². The zero-order valence-electron chi connectivity index (χ0n) is 15.7. The fraction of sp³-hybridized carbons (Fsp3) is 0.316. The van der Waals surface area contributed by atoms with E-state index < -0.39 is 10.0 Å². The van der Waals surface area contributed by atoms with E-state index in [1.807, 2.05) is 0 Å².